The molecule has 0 saturated carbocycles. The highest BCUT2D eigenvalue weighted by atomic mass is 35.5. The number of halogens is 2. The van der Waals surface area contributed by atoms with Crippen LogP contribution in [0, 0.1) is 0 Å². The topological polar surface area (TPSA) is 60.5 Å². The molecule has 1 amide bonds. The zero-order valence-electron chi connectivity index (χ0n) is 11.4. The van der Waals surface area contributed by atoms with Gasteiger partial charge in [-0.1, -0.05) is 29.3 Å². The molecule has 7 heteroatoms. The van der Waals surface area contributed by atoms with E-state index in [1.807, 2.05) is 18.2 Å². The van der Waals surface area contributed by atoms with Gasteiger partial charge in [0.2, 0.25) is 0 Å². The molecule has 0 spiro atoms. The highest BCUT2D eigenvalue weighted by molar-refractivity contribution is 6.33. The van der Waals surface area contributed by atoms with E-state index >= 15 is 0 Å². The van der Waals surface area contributed by atoms with E-state index in [2.05, 4.69) is 10.3 Å². The van der Waals surface area contributed by atoms with Crippen molar-refractivity contribution in [2.24, 2.45) is 0 Å². The molecular formula is C15H12Cl2N2O3. The van der Waals surface area contributed by atoms with E-state index in [1.165, 1.54) is 12.1 Å². The fraction of sp³-hybridized carbons (Fsp3) is 0.200. The van der Waals surface area contributed by atoms with Gasteiger partial charge < -0.3 is 14.8 Å². The predicted octanol–water partition coefficient (Wildman–Crippen LogP) is 3.09. The Morgan fingerprint density at radius 3 is 2.50 bits per heavy atom. The molecule has 114 valence electrons. The fourth-order valence-electron chi connectivity index (χ4n) is 2.08. The molecule has 1 aromatic heterocycles. The highest BCUT2D eigenvalue weighted by Crippen LogP contribution is 2.30. The number of nitrogens with zero attached hydrogens (tertiary/aromatic N) is 1. The summed E-state index contributed by atoms with van der Waals surface area (Å²) in [5.74, 6) is 1.13. The minimum atomic E-state index is -0.277. The highest BCUT2D eigenvalue weighted by Gasteiger charge is 2.13. The lowest BCUT2D eigenvalue weighted by Gasteiger charge is -2.19. The van der Waals surface area contributed by atoms with Gasteiger partial charge >= 0.3 is 0 Å². The Labute approximate surface area is 137 Å². The Balaban J connectivity index is 1.68. The lowest BCUT2D eigenvalue weighted by molar-refractivity contribution is 0.0950. The van der Waals surface area contributed by atoms with Gasteiger partial charge in [0.15, 0.2) is 11.5 Å². The number of amides is 1. The molecule has 0 unspecified atom stereocenters. The third kappa shape index (κ3) is 3.43. The number of carbonyl (C=O) groups excluding carboxylic acids is 1. The average molecular weight is 339 g/mol. The Morgan fingerprint density at radius 1 is 1.09 bits per heavy atom. The van der Waals surface area contributed by atoms with E-state index in [-0.39, 0.29) is 16.2 Å². The number of carbonyl (C=O) groups is 1. The van der Waals surface area contributed by atoms with E-state index in [0.717, 1.165) is 5.56 Å². The lowest BCUT2D eigenvalue weighted by atomic mass is 10.2. The van der Waals surface area contributed by atoms with Gasteiger partial charge in [-0.25, -0.2) is 4.98 Å². The molecule has 1 aliphatic rings. The minimum absolute atomic E-state index is 0.178. The van der Waals surface area contributed by atoms with Crippen molar-refractivity contribution in [2.45, 2.75) is 6.54 Å². The Morgan fingerprint density at radius 2 is 1.77 bits per heavy atom. The van der Waals surface area contributed by atoms with Crippen molar-refractivity contribution < 1.29 is 14.3 Å². The van der Waals surface area contributed by atoms with Crippen LogP contribution >= 0.6 is 23.2 Å². The van der Waals surface area contributed by atoms with E-state index in [9.17, 15) is 4.79 Å². The maximum atomic E-state index is 12.1. The number of ether oxygens (including phenoxy) is 2. The quantitative estimate of drug-likeness (QED) is 0.873. The molecule has 0 saturated heterocycles. The number of hydrogen-bond donors (Lipinski definition) is 1. The van der Waals surface area contributed by atoms with Crippen LogP contribution in [-0.2, 0) is 6.54 Å². The van der Waals surface area contributed by atoms with Crippen molar-refractivity contribution in [3.8, 4) is 11.5 Å². The first-order valence-electron chi connectivity index (χ1n) is 6.61. The van der Waals surface area contributed by atoms with E-state index < -0.39 is 0 Å². The number of hydrogen-bond acceptors (Lipinski definition) is 4. The molecule has 3 rings (SSSR count). The molecule has 0 fully saturated rings. The zero-order chi connectivity index (χ0) is 15.5. The van der Waals surface area contributed by atoms with Gasteiger partial charge in [0, 0.05) is 12.1 Å². The van der Waals surface area contributed by atoms with Gasteiger partial charge in [-0.2, -0.15) is 0 Å². The monoisotopic (exact) mass is 338 g/mol. The zero-order valence-corrected chi connectivity index (χ0v) is 12.9. The largest absolute Gasteiger partial charge is 0.486 e. The van der Waals surface area contributed by atoms with Crippen LogP contribution in [0.3, 0.4) is 0 Å². The van der Waals surface area contributed by atoms with Crippen molar-refractivity contribution in [1.82, 2.24) is 10.3 Å². The van der Waals surface area contributed by atoms with Crippen LogP contribution in [0.2, 0.25) is 10.3 Å². The van der Waals surface area contributed by atoms with Crippen molar-refractivity contribution in [2.75, 3.05) is 13.2 Å². The number of fused-ring (bicyclic) bond motifs is 1. The fourth-order valence-corrected chi connectivity index (χ4v) is 2.54. The van der Waals surface area contributed by atoms with Gasteiger partial charge in [0.05, 0.1) is 0 Å². The van der Waals surface area contributed by atoms with Crippen LogP contribution < -0.4 is 14.8 Å². The summed E-state index contributed by atoms with van der Waals surface area (Å²) >= 11 is 11.6. The van der Waals surface area contributed by atoms with Crippen LogP contribution in [0.1, 0.15) is 15.9 Å². The molecule has 5 nitrogen and oxygen atoms in total. The maximum absolute atomic E-state index is 12.1. The van der Waals surface area contributed by atoms with Crippen LogP contribution in [0.15, 0.2) is 30.3 Å². The molecule has 0 radical (unpaired) electrons. The van der Waals surface area contributed by atoms with Crippen molar-refractivity contribution in [1.29, 1.82) is 0 Å². The first kappa shape index (κ1) is 14.9. The first-order chi connectivity index (χ1) is 10.6. The van der Waals surface area contributed by atoms with E-state index in [4.69, 9.17) is 32.7 Å². The summed E-state index contributed by atoms with van der Waals surface area (Å²) in [6.45, 7) is 1.43. The molecule has 2 heterocycles. The molecular weight excluding hydrogens is 327 g/mol. The summed E-state index contributed by atoms with van der Waals surface area (Å²) < 4.78 is 11.0. The summed E-state index contributed by atoms with van der Waals surface area (Å²) in [7, 11) is 0. The van der Waals surface area contributed by atoms with Crippen LogP contribution in [0.25, 0.3) is 0 Å². The number of nitrogens with one attached hydrogen (secondary N) is 1. The van der Waals surface area contributed by atoms with Gasteiger partial charge in [-0.05, 0) is 29.8 Å². The number of benzene rings is 1. The Bertz CT molecular complexity index is 702. The normalized spacial score (nSPS) is 12.8. The second-order valence-electron chi connectivity index (χ2n) is 4.66. The van der Waals surface area contributed by atoms with Crippen LogP contribution in [-0.4, -0.2) is 24.1 Å². The van der Waals surface area contributed by atoms with Crippen molar-refractivity contribution in [3.63, 3.8) is 0 Å². The molecule has 0 bridgehead atoms. The second-order valence-corrected chi connectivity index (χ2v) is 5.44. The lowest BCUT2D eigenvalue weighted by Crippen LogP contribution is -2.23. The minimum Gasteiger partial charge on any atom is -0.486 e. The summed E-state index contributed by atoms with van der Waals surface area (Å²) in [6.07, 6.45) is 0. The van der Waals surface area contributed by atoms with Gasteiger partial charge in [0.1, 0.15) is 23.5 Å². The molecule has 1 aromatic carbocycles. The van der Waals surface area contributed by atoms with Crippen LogP contribution in [0.5, 0.6) is 11.5 Å². The van der Waals surface area contributed by atoms with Crippen molar-refractivity contribution >= 4 is 29.1 Å². The molecule has 2 aromatic rings. The SMILES string of the molecule is O=C(NCc1ccc2c(c1)OCCO2)c1cc(Cl)nc(Cl)c1. The number of rotatable bonds is 3. The molecule has 0 aliphatic carbocycles. The summed E-state index contributed by atoms with van der Waals surface area (Å²) in [6, 6.07) is 8.48. The molecule has 1 N–H and O–H groups in total. The first-order valence-corrected chi connectivity index (χ1v) is 7.37. The molecule has 0 atom stereocenters. The summed E-state index contributed by atoms with van der Waals surface area (Å²) in [5.41, 5.74) is 1.27. The van der Waals surface area contributed by atoms with Crippen molar-refractivity contribution in [3.05, 3.63) is 51.8 Å². The Hall–Kier alpha value is -1.98. The third-order valence-corrected chi connectivity index (χ3v) is 3.47. The predicted molar refractivity (Wildman–Crippen MR) is 82.9 cm³/mol. The molecule has 22 heavy (non-hydrogen) atoms. The van der Waals surface area contributed by atoms with Gasteiger partial charge in [-0.3, -0.25) is 4.79 Å². The average Bonchev–Trinajstić information content (AvgIpc) is 2.51. The van der Waals surface area contributed by atoms with E-state index in [1.54, 1.807) is 0 Å². The van der Waals surface area contributed by atoms with Gasteiger partial charge in [-0.15, -0.1) is 0 Å². The maximum Gasteiger partial charge on any atom is 0.251 e. The standard InChI is InChI=1S/C15H12Cl2N2O3/c16-13-6-10(7-14(17)19-13)15(20)18-8-9-1-2-11-12(5-9)22-4-3-21-11/h1-2,5-7H,3-4,8H2,(H,18,20). The number of aromatic nitrogens is 1. The van der Waals surface area contributed by atoms with Gasteiger partial charge in [0.25, 0.3) is 5.91 Å². The Kier molecular flexibility index (Phi) is 4.36. The van der Waals surface area contributed by atoms with E-state index in [0.29, 0.717) is 36.8 Å². The number of pyridine rings is 1. The summed E-state index contributed by atoms with van der Waals surface area (Å²) in [4.78, 5) is 15.9. The molecule has 1 aliphatic heterocycles. The third-order valence-electron chi connectivity index (χ3n) is 3.08. The second kappa shape index (κ2) is 6.42. The summed E-state index contributed by atoms with van der Waals surface area (Å²) in [5, 5.41) is 3.15. The van der Waals surface area contributed by atoms with Crippen LogP contribution in [0.4, 0.5) is 0 Å². The smallest absolute Gasteiger partial charge is 0.251 e.